The molecule has 440 valence electrons. The lowest BCUT2D eigenvalue weighted by molar-refractivity contribution is -0.138. The van der Waals surface area contributed by atoms with Gasteiger partial charge in [-0.15, -0.1) is 0 Å². The third-order valence-corrected chi connectivity index (χ3v) is 16.1. The number of hydrogen-bond donors (Lipinski definition) is 15. The van der Waals surface area contributed by atoms with Gasteiger partial charge >= 0.3 is 29.4 Å². The number of aliphatic carboxylic acids is 1. The largest absolute Gasteiger partial charge is 0.481 e. The number of phosphoric acid groups is 3. The molecular formula is C41H59N14O21P3S. The summed E-state index contributed by atoms with van der Waals surface area (Å²) in [6.07, 6.45) is -8.05. The number of nitrogen functional groups attached to an aromatic ring is 2. The van der Waals surface area contributed by atoms with Crippen molar-refractivity contribution in [2.24, 2.45) is 5.41 Å². The Hall–Kier alpha value is -6.20. The quantitative estimate of drug-likeness (QED) is 0.0223. The number of aliphatic hydroxyl groups excluding tert-OH is 2. The average molecular weight is 1210 g/mol. The Morgan fingerprint density at radius 3 is 2.38 bits per heavy atom. The van der Waals surface area contributed by atoms with E-state index in [1.807, 2.05) is 0 Å². The van der Waals surface area contributed by atoms with E-state index in [9.17, 15) is 77.4 Å². The first-order chi connectivity index (χ1) is 37.4. The maximum atomic E-state index is 13.2. The minimum atomic E-state index is -5.65. The number of nitrogens with one attached hydrogen (secondary N) is 6. The van der Waals surface area contributed by atoms with Gasteiger partial charge in [-0.3, -0.25) is 51.9 Å². The zero-order valence-corrected chi connectivity index (χ0v) is 46.0. The molecule has 3 aromatic heterocycles. The van der Waals surface area contributed by atoms with Crippen LogP contribution in [-0.4, -0.2) is 182 Å². The molecule has 1 aromatic carbocycles. The minimum absolute atomic E-state index is 0.00228. The number of aromatic nitrogens is 6. The van der Waals surface area contributed by atoms with Crippen LogP contribution in [0.1, 0.15) is 49.7 Å². The van der Waals surface area contributed by atoms with Gasteiger partial charge in [0.2, 0.25) is 22.9 Å². The van der Waals surface area contributed by atoms with Crippen LogP contribution in [0.3, 0.4) is 0 Å². The summed E-state index contributed by atoms with van der Waals surface area (Å²) in [4.78, 5) is 135. The predicted octanol–water partition coefficient (Wildman–Crippen LogP) is -1.66. The molecule has 5 heterocycles. The van der Waals surface area contributed by atoms with Crippen molar-refractivity contribution in [3.05, 3.63) is 52.8 Å². The lowest BCUT2D eigenvalue weighted by Crippen LogP contribution is -2.48. The van der Waals surface area contributed by atoms with E-state index in [0.717, 1.165) is 29.0 Å². The first kappa shape index (κ1) is 63.0. The molecule has 2 aliphatic rings. The summed E-state index contributed by atoms with van der Waals surface area (Å²) in [5.74, 6) is -3.23. The summed E-state index contributed by atoms with van der Waals surface area (Å²) >= 11 is 0.729. The molecule has 39 heteroatoms. The molecule has 6 rings (SSSR count). The van der Waals surface area contributed by atoms with Crippen molar-refractivity contribution in [3.8, 4) is 0 Å². The molecule has 35 nitrogen and oxygen atoms in total. The van der Waals surface area contributed by atoms with E-state index in [4.69, 9.17) is 25.3 Å². The molecule has 9 atom stereocenters. The number of amides is 3. The first-order valence-corrected chi connectivity index (χ1v) is 29.2. The number of thioether (sulfide) groups is 1. The lowest BCUT2D eigenvalue weighted by Gasteiger charge is -2.35. The van der Waals surface area contributed by atoms with Crippen LogP contribution in [-0.2, 0) is 55.5 Å². The number of nitrogens with two attached hydrogens (primary N) is 2. The lowest BCUT2D eigenvalue weighted by atomic mass is 9.87. The summed E-state index contributed by atoms with van der Waals surface area (Å²) in [7, 11) is -14.9. The fraction of sp³-hybridized carbons (Fsp3) is 0.512. The maximum absolute atomic E-state index is 13.2. The Kier molecular flexibility index (Phi) is 20.9. The summed E-state index contributed by atoms with van der Waals surface area (Å²) in [6.45, 7) is 0.714. The van der Waals surface area contributed by atoms with E-state index in [2.05, 4.69) is 60.3 Å². The van der Waals surface area contributed by atoms with E-state index in [-0.39, 0.29) is 66.2 Å². The fourth-order valence-corrected chi connectivity index (χ4v) is 11.4. The highest BCUT2D eigenvalue weighted by Gasteiger charge is 2.50. The zero-order valence-electron chi connectivity index (χ0n) is 42.5. The smallest absolute Gasteiger partial charge is 0.481 e. The van der Waals surface area contributed by atoms with Gasteiger partial charge in [0.1, 0.15) is 41.9 Å². The number of anilines is 5. The van der Waals surface area contributed by atoms with Crippen LogP contribution in [0, 0.1) is 5.41 Å². The van der Waals surface area contributed by atoms with Crippen molar-refractivity contribution in [1.82, 2.24) is 45.4 Å². The number of H-pyrrole nitrogens is 1. The number of likely N-dealkylation sites (N-methyl/N-ethyl adjacent to an activating group) is 1. The van der Waals surface area contributed by atoms with Crippen molar-refractivity contribution in [1.29, 1.82) is 0 Å². The second-order valence-corrected chi connectivity index (χ2v) is 23.8. The average Bonchev–Trinajstić information content (AvgIpc) is 3.97. The van der Waals surface area contributed by atoms with Crippen molar-refractivity contribution < 1.29 is 95.2 Å². The van der Waals surface area contributed by atoms with Crippen LogP contribution >= 0.6 is 35.2 Å². The van der Waals surface area contributed by atoms with Crippen LogP contribution in [0.2, 0.25) is 0 Å². The van der Waals surface area contributed by atoms with Crippen molar-refractivity contribution in [2.75, 3.05) is 79.2 Å². The summed E-state index contributed by atoms with van der Waals surface area (Å²) in [5, 5.41) is 44.1. The highest BCUT2D eigenvalue weighted by molar-refractivity contribution is 8.13. The number of carbonyl (C=O) groups is 5. The Morgan fingerprint density at radius 2 is 1.69 bits per heavy atom. The van der Waals surface area contributed by atoms with Crippen LogP contribution in [0.15, 0.2) is 41.7 Å². The molecule has 1 saturated heterocycles. The number of hydrogen-bond acceptors (Lipinski definition) is 26. The molecule has 0 saturated carbocycles. The fourth-order valence-electron chi connectivity index (χ4n) is 7.79. The number of aromatic amines is 1. The van der Waals surface area contributed by atoms with Gasteiger partial charge in [-0.2, -0.15) is 9.29 Å². The summed E-state index contributed by atoms with van der Waals surface area (Å²) < 4.78 is 62.6. The SMILES string of the molecule is CN1c2c(nc(N)[nH]c2=O)NC[C@@H]1CNc1ccc(C(=O)N[C@@H](CCC(=O)O)C(=O)SCCNC(=O)CCNC(=O)C(O)C(C)(C)COP(=O)(O)OP(=O)(O)OCC2OC(n3cnc4c(N)ncnc43)C(O)C2OP(=O)(O)O)cc1. The van der Waals surface area contributed by atoms with Crippen LogP contribution in [0.5, 0.6) is 0 Å². The standard InChI is InChI=1S/C41H59N14O21P3S/c1-41(2,17-73-79(70,71)76-78(68,69)72-16-24-30(75-77(65,66)67)29(59)38(74-24)55-19-50-27-32(42)48-18-49-34(27)55)31(60)37(63)45-11-10-25(56)44-12-13-80-39(64)23(8-9-26(57)58)51-35(61)20-4-6-21(7-5-20)46-14-22-15-47-33-28(54(22)3)36(62)53-40(43)52-33/h4-7,18-19,22-24,29-31,38,46,59-60H,8-17H2,1-3H3,(H,44,56)(H,45,63)(H,51,61)(H,57,58)(H,68,69)(H,70,71)(H2,42,48,49)(H2,65,66,67)(H4,43,47,52,53,62)/t22-,23-,24?,29?,30?,31?,38?/m0/s1. The highest BCUT2D eigenvalue weighted by atomic mass is 32.2. The first-order valence-electron chi connectivity index (χ1n) is 23.7. The van der Waals surface area contributed by atoms with Gasteiger partial charge in [0.25, 0.3) is 11.5 Å². The molecule has 0 radical (unpaired) electrons. The minimum Gasteiger partial charge on any atom is -0.481 e. The number of fused-ring (bicyclic) bond motifs is 2. The second-order valence-electron chi connectivity index (χ2n) is 18.4. The third kappa shape index (κ3) is 17.2. The maximum Gasteiger partial charge on any atom is 0.481 e. The predicted molar refractivity (Wildman–Crippen MR) is 280 cm³/mol. The molecule has 0 aliphatic carbocycles. The van der Waals surface area contributed by atoms with Crippen LogP contribution in [0.4, 0.5) is 29.0 Å². The van der Waals surface area contributed by atoms with E-state index in [0.29, 0.717) is 30.3 Å². The monoisotopic (exact) mass is 1210 g/mol. The Balaban J connectivity index is 0.891. The number of carboxylic acids is 1. The van der Waals surface area contributed by atoms with Gasteiger partial charge < -0.3 is 82.6 Å². The van der Waals surface area contributed by atoms with Gasteiger partial charge in [-0.05, 0) is 30.7 Å². The Morgan fingerprint density at radius 1 is 0.988 bits per heavy atom. The molecule has 4 aromatic rings. The van der Waals surface area contributed by atoms with Crippen molar-refractivity contribution in [2.45, 2.75) is 75.8 Å². The highest BCUT2D eigenvalue weighted by Crippen LogP contribution is 2.61. The van der Waals surface area contributed by atoms with Gasteiger partial charge in [0, 0.05) is 68.5 Å². The molecule has 0 spiro atoms. The van der Waals surface area contributed by atoms with Crippen molar-refractivity contribution >= 4 is 104 Å². The summed E-state index contributed by atoms with van der Waals surface area (Å²) in [5.41, 5.74) is 10.5. The topological polar surface area (TPSA) is 529 Å². The summed E-state index contributed by atoms with van der Waals surface area (Å²) in [6, 6.07) is 4.91. The number of phosphoric ester groups is 3. The Labute approximate surface area is 456 Å². The van der Waals surface area contributed by atoms with E-state index in [1.165, 1.54) is 26.0 Å². The molecule has 1 fully saturated rings. The number of aliphatic hydroxyl groups is 2. The number of nitrogens with zero attached hydrogens (tertiary/aromatic N) is 6. The number of carboxylic acid groups (broad SMARTS) is 1. The van der Waals surface area contributed by atoms with Gasteiger partial charge in [0.05, 0.1) is 31.6 Å². The molecule has 17 N–H and O–H groups in total. The normalized spacial score (nSPS) is 20.6. The Bertz CT molecular complexity index is 3120. The molecule has 2 aliphatic heterocycles. The molecular weight excluding hydrogens is 1150 g/mol. The van der Waals surface area contributed by atoms with E-state index in [1.54, 1.807) is 24.1 Å². The number of benzene rings is 1. The number of carbonyl (C=O) groups excluding carboxylic acids is 4. The van der Waals surface area contributed by atoms with E-state index < -0.39 is 120 Å². The van der Waals surface area contributed by atoms with Gasteiger partial charge in [-0.1, -0.05) is 25.6 Å². The molecule has 3 amide bonds. The number of imidazole rings is 1. The number of ether oxygens (including phenoxy) is 1. The second kappa shape index (κ2) is 26.6. The molecule has 7 unspecified atom stereocenters. The van der Waals surface area contributed by atoms with Crippen LogP contribution < -0.4 is 48.5 Å². The van der Waals surface area contributed by atoms with Gasteiger partial charge in [0.15, 0.2) is 23.5 Å². The van der Waals surface area contributed by atoms with E-state index >= 15 is 0 Å². The van der Waals surface area contributed by atoms with Gasteiger partial charge in [-0.25, -0.2) is 28.6 Å². The molecule has 0 bridgehead atoms. The van der Waals surface area contributed by atoms with Crippen molar-refractivity contribution in [3.63, 3.8) is 0 Å². The van der Waals surface area contributed by atoms with Crippen LogP contribution in [0.25, 0.3) is 11.2 Å². The number of rotatable bonds is 28. The zero-order chi connectivity index (χ0) is 58.9. The third-order valence-electron chi connectivity index (χ3n) is 12.0. The molecule has 80 heavy (non-hydrogen) atoms.